The summed E-state index contributed by atoms with van der Waals surface area (Å²) in [4.78, 5) is 4.29. The van der Waals surface area contributed by atoms with Gasteiger partial charge in [0.05, 0.1) is 16.8 Å². The van der Waals surface area contributed by atoms with Gasteiger partial charge in [0.2, 0.25) is 0 Å². The Hall–Kier alpha value is -3.35. The van der Waals surface area contributed by atoms with Crippen molar-refractivity contribution in [2.24, 2.45) is 7.05 Å². The number of H-pyrrole nitrogens is 1. The van der Waals surface area contributed by atoms with E-state index in [1.807, 2.05) is 13.0 Å². The number of hydrogen-bond acceptors (Lipinski definition) is 3. The third-order valence-corrected chi connectivity index (χ3v) is 4.21. The molecule has 0 aliphatic carbocycles. The zero-order chi connectivity index (χ0) is 18.3. The number of nitrogens with zero attached hydrogens (tertiary/aromatic N) is 4. The molecule has 2 aromatic carbocycles. The van der Waals surface area contributed by atoms with E-state index in [4.69, 9.17) is 0 Å². The van der Waals surface area contributed by atoms with Gasteiger partial charge in [-0.1, -0.05) is 18.2 Å². The van der Waals surface area contributed by atoms with Gasteiger partial charge >= 0.3 is 0 Å². The average Bonchev–Trinajstić information content (AvgIpc) is 3.16. The maximum atomic E-state index is 14.5. The van der Waals surface area contributed by atoms with Crippen LogP contribution in [0.2, 0.25) is 0 Å². The van der Waals surface area contributed by atoms with Crippen LogP contribution in [0.3, 0.4) is 0 Å². The molecule has 0 saturated carbocycles. The molecule has 0 fully saturated rings. The van der Waals surface area contributed by atoms with Gasteiger partial charge in [0.1, 0.15) is 17.5 Å². The number of rotatable bonds is 3. The molecule has 1 N–H and O–H groups in total. The fourth-order valence-electron chi connectivity index (χ4n) is 2.68. The van der Waals surface area contributed by atoms with Crippen LogP contribution in [-0.2, 0) is 7.05 Å². The minimum absolute atomic E-state index is 0.286. The predicted molar refractivity (Wildman–Crippen MR) is 96.1 cm³/mol. The molecule has 0 radical (unpaired) electrons. The van der Waals surface area contributed by atoms with E-state index in [-0.39, 0.29) is 5.82 Å². The van der Waals surface area contributed by atoms with Crippen LogP contribution < -0.4 is 0 Å². The summed E-state index contributed by atoms with van der Waals surface area (Å²) in [6, 6.07) is 9.21. The van der Waals surface area contributed by atoms with Gasteiger partial charge in [-0.3, -0.25) is 9.78 Å². The summed E-state index contributed by atoms with van der Waals surface area (Å²) >= 11 is 0. The summed E-state index contributed by atoms with van der Waals surface area (Å²) in [6.07, 6.45) is 3.62. The van der Waals surface area contributed by atoms with Gasteiger partial charge in [-0.25, -0.2) is 13.8 Å². The lowest BCUT2D eigenvalue weighted by molar-refractivity contribution is 0.627. The van der Waals surface area contributed by atoms with E-state index < -0.39 is 5.82 Å². The molecule has 26 heavy (non-hydrogen) atoms. The minimum atomic E-state index is -0.416. The van der Waals surface area contributed by atoms with Crippen molar-refractivity contribution in [2.75, 3.05) is 0 Å². The van der Waals surface area contributed by atoms with Gasteiger partial charge in [0.15, 0.2) is 5.82 Å². The van der Waals surface area contributed by atoms with Crippen LogP contribution in [-0.4, -0.2) is 25.0 Å². The van der Waals surface area contributed by atoms with Crippen LogP contribution in [0, 0.1) is 18.6 Å². The molecule has 5 nitrogen and oxygen atoms in total. The third-order valence-electron chi connectivity index (χ3n) is 4.21. The molecule has 0 bridgehead atoms. The molecule has 0 amide bonds. The molecule has 130 valence electrons. The highest BCUT2D eigenvalue weighted by Crippen LogP contribution is 2.27. The van der Waals surface area contributed by atoms with Crippen LogP contribution in [0.1, 0.15) is 17.1 Å². The standard InChI is InChI=1S/C19H15F2N5/c1-11-22-19(25-26(11)2)14-9-15-17(23-24-18(15)10-16(14)21)8-5-12-3-6-13(20)7-4-12/h3-10H,1-2H3,(H,23,24)/b8-5+. The fraction of sp³-hybridized carbons (Fsp3) is 0.105. The van der Waals surface area contributed by atoms with Crippen molar-refractivity contribution in [2.45, 2.75) is 6.92 Å². The molecule has 0 unspecified atom stereocenters. The molecule has 0 spiro atoms. The van der Waals surface area contributed by atoms with Crippen molar-refractivity contribution in [3.63, 3.8) is 0 Å². The smallest absolute Gasteiger partial charge is 0.184 e. The number of halogens is 2. The molecular formula is C19H15F2N5. The number of benzene rings is 2. The second-order valence-electron chi connectivity index (χ2n) is 5.98. The molecule has 0 atom stereocenters. The minimum Gasteiger partial charge on any atom is -0.277 e. The normalized spacial score (nSPS) is 11.7. The number of aromatic nitrogens is 5. The molecular weight excluding hydrogens is 336 g/mol. The number of aromatic amines is 1. The summed E-state index contributed by atoms with van der Waals surface area (Å²) in [5.74, 6) is 0.327. The summed E-state index contributed by atoms with van der Waals surface area (Å²) in [5, 5.41) is 12.1. The predicted octanol–water partition coefficient (Wildman–Crippen LogP) is 4.12. The summed E-state index contributed by atoms with van der Waals surface area (Å²) < 4.78 is 29.0. The Morgan fingerprint density at radius 3 is 2.54 bits per heavy atom. The van der Waals surface area contributed by atoms with Gasteiger partial charge in [-0.2, -0.15) is 10.2 Å². The van der Waals surface area contributed by atoms with Crippen LogP contribution >= 0.6 is 0 Å². The molecule has 0 saturated heterocycles. The van der Waals surface area contributed by atoms with Crippen LogP contribution in [0.25, 0.3) is 34.4 Å². The van der Waals surface area contributed by atoms with Gasteiger partial charge < -0.3 is 0 Å². The van der Waals surface area contributed by atoms with Crippen LogP contribution in [0.5, 0.6) is 0 Å². The number of nitrogens with one attached hydrogen (secondary N) is 1. The van der Waals surface area contributed by atoms with E-state index in [0.29, 0.717) is 28.4 Å². The highest BCUT2D eigenvalue weighted by molar-refractivity contribution is 5.92. The Bertz CT molecular complexity index is 1100. The van der Waals surface area contributed by atoms with Crippen molar-refractivity contribution in [1.29, 1.82) is 0 Å². The fourth-order valence-corrected chi connectivity index (χ4v) is 2.68. The lowest BCUT2D eigenvalue weighted by Crippen LogP contribution is -1.93. The zero-order valence-corrected chi connectivity index (χ0v) is 14.2. The van der Waals surface area contributed by atoms with Crippen molar-refractivity contribution in [1.82, 2.24) is 25.0 Å². The first-order valence-corrected chi connectivity index (χ1v) is 8.00. The van der Waals surface area contributed by atoms with Gasteiger partial charge in [0.25, 0.3) is 0 Å². The Labute approximate surface area is 148 Å². The molecule has 7 heteroatoms. The van der Waals surface area contributed by atoms with E-state index in [0.717, 1.165) is 10.9 Å². The first-order valence-electron chi connectivity index (χ1n) is 8.00. The molecule has 4 aromatic rings. The molecule has 0 aliphatic rings. The van der Waals surface area contributed by atoms with E-state index >= 15 is 0 Å². The zero-order valence-electron chi connectivity index (χ0n) is 14.2. The van der Waals surface area contributed by atoms with Gasteiger partial charge in [0, 0.05) is 18.5 Å². The molecule has 4 rings (SSSR count). The lowest BCUT2D eigenvalue weighted by Gasteiger charge is -1.99. The van der Waals surface area contributed by atoms with E-state index in [2.05, 4.69) is 20.3 Å². The van der Waals surface area contributed by atoms with Gasteiger partial charge in [-0.15, -0.1) is 0 Å². The van der Waals surface area contributed by atoms with Crippen molar-refractivity contribution < 1.29 is 8.78 Å². The van der Waals surface area contributed by atoms with E-state index in [9.17, 15) is 8.78 Å². The van der Waals surface area contributed by atoms with Gasteiger partial charge in [-0.05, 0) is 36.8 Å². The van der Waals surface area contributed by atoms with Crippen molar-refractivity contribution in [3.8, 4) is 11.4 Å². The lowest BCUT2D eigenvalue weighted by atomic mass is 10.1. The summed E-state index contributed by atoms with van der Waals surface area (Å²) in [6.45, 7) is 1.81. The highest BCUT2D eigenvalue weighted by Gasteiger charge is 2.15. The Morgan fingerprint density at radius 2 is 1.85 bits per heavy atom. The number of aryl methyl sites for hydroxylation is 2. The number of fused-ring (bicyclic) bond motifs is 1. The third kappa shape index (κ3) is 2.88. The SMILES string of the molecule is Cc1nc(-c2cc3c(/C=C/c4ccc(F)cc4)n[nH]c3cc2F)nn1C. The second kappa shape index (κ2) is 6.18. The number of hydrogen-bond donors (Lipinski definition) is 1. The highest BCUT2D eigenvalue weighted by atomic mass is 19.1. The maximum absolute atomic E-state index is 14.5. The maximum Gasteiger partial charge on any atom is 0.184 e. The molecule has 0 aliphatic heterocycles. The topological polar surface area (TPSA) is 59.4 Å². The van der Waals surface area contributed by atoms with Crippen LogP contribution in [0.4, 0.5) is 8.78 Å². The first-order chi connectivity index (χ1) is 12.5. The monoisotopic (exact) mass is 351 g/mol. The Balaban J connectivity index is 1.77. The summed E-state index contributed by atoms with van der Waals surface area (Å²) in [7, 11) is 1.76. The van der Waals surface area contributed by atoms with E-state index in [1.165, 1.54) is 18.2 Å². The largest absolute Gasteiger partial charge is 0.277 e. The van der Waals surface area contributed by atoms with Crippen molar-refractivity contribution in [3.05, 3.63) is 65.1 Å². The Kier molecular flexibility index (Phi) is 3.84. The Morgan fingerprint density at radius 1 is 1.08 bits per heavy atom. The van der Waals surface area contributed by atoms with Crippen molar-refractivity contribution >= 4 is 23.1 Å². The van der Waals surface area contributed by atoms with E-state index in [1.54, 1.807) is 36.0 Å². The molecule has 2 aromatic heterocycles. The molecule has 2 heterocycles. The quantitative estimate of drug-likeness (QED) is 0.604. The first kappa shape index (κ1) is 16.1. The summed E-state index contributed by atoms with van der Waals surface area (Å²) in [5.41, 5.74) is 2.39. The second-order valence-corrected chi connectivity index (χ2v) is 5.98. The van der Waals surface area contributed by atoms with Crippen LogP contribution in [0.15, 0.2) is 36.4 Å². The average molecular weight is 351 g/mol.